The normalized spacial score (nSPS) is 28.5. The van der Waals surface area contributed by atoms with Gasteiger partial charge in [-0.05, 0) is 99.1 Å². The average Bonchev–Trinajstić information content (AvgIpc) is 3.10. The van der Waals surface area contributed by atoms with E-state index in [1.165, 1.54) is 18.2 Å². The van der Waals surface area contributed by atoms with Gasteiger partial charge in [0.1, 0.15) is 11.6 Å². The first-order valence-electron chi connectivity index (χ1n) is 15.8. The van der Waals surface area contributed by atoms with E-state index in [0.717, 1.165) is 37.7 Å². The number of carbonyl (C=O) groups is 1. The van der Waals surface area contributed by atoms with Crippen molar-refractivity contribution in [1.82, 2.24) is 9.62 Å². The number of nitrogens with one attached hydrogen (secondary N) is 1. The number of piperazine rings is 1. The highest BCUT2D eigenvalue weighted by molar-refractivity contribution is 7.89. The number of nitrogens with two attached hydrogens (primary N) is 1. The summed E-state index contributed by atoms with van der Waals surface area (Å²) in [6.45, 7) is 3.63. The Labute approximate surface area is 254 Å². The molecule has 2 bridgehead atoms. The Balaban J connectivity index is 1.31. The molecule has 10 heteroatoms. The third-order valence-electron chi connectivity index (χ3n) is 9.71. The summed E-state index contributed by atoms with van der Waals surface area (Å²) in [5.74, 6) is -0.937. The summed E-state index contributed by atoms with van der Waals surface area (Å²) < 4.78 is 62.3. The van der Waals surface area contributed by atoms with Gasteiger partial charge in [-0.25, -0.2) is 17.2 Å². The standard InChI is InChI=1S/C33H45F2N3O4S/c1-2-42-28-15-10-23(11-16-28)32(22-8-12-25(34)13-9-22)33(36)31(39)19-24-5-3-7-30(35)29(24)17-14-27-20-37-26-6-4-18-43(40,41)38(27)21-26/h3,5,7-9,12-13,23,26-28,32-33,37H,2,4,6,10-11,14-21,36H2,1H3/t23?,26-,27+,28?,32+,33-/m1/s1. The summed E-state index contributed by atoms with van der Waals surface area (Å²) in [6.07, 6.45) is 5.89. The molecule has 2 heterocycles. The van der Waals surface area contributed by atoms with Gasteiger partial charge in [0.25, 0.3) is 0 Å². The van der Waals surface area contributed by atoms with Gasteiger partial charge in [-0.2, -0.15) is 4.31 Å². The number of carbonyl (C=O) groups excluding carboxylic acids is 1. The van der Waals surface area contributed by atoms with Crippen LogP contribution in [0, 0.1) is 17.6 Å². The zero-order valence-corrected chi connectivity index (χ0v) is 25.8. The molecule has 0 spiro atoms. The van der Waals surface area contributed by atoms with Crippen molar-refractivity contribution in [3.8, 4) is 0 Å². The zero-order valence-electron chi connectivity index (χ0n) is 25.0. The number of ketones is 1. The third-order valence-corrected chi connectivity index (χ3v) is 11.7. The first-order chi connectivity index (χ1) is 20.7. The summed E-state index contributed by atoms with van der Waals surface area (Å²) in [6, 6.07) is 10.1. The molecule has 2 saturated heterocycles. The summed E-state index contributed by atoms with van der Waals surface area (Å²) in [5.41, 5.74) is 8.59. The van der Waals surface area contributed by atoms with Crippen LogP contribution in [0.3, 0.4) is 0 Å². The van der Waals surface area contributed by atoms with Crippen LogP contribution in [-0.2, 0) is 32.4 Å². The zero-order chi connectivity index (χ0) is 30.6. The predicted molar refractivity (Wildman–Crippen MR) is 163 cm³/mol. The van der Waals surface area contributed by atoms with E-state index in [9.17, 15) is 17.6 Å². The monoisotopic (exact) mass is 617 g/mol. The molecular weight excluding hydrogens is 572 g/mol. The van der Waals surface area contributed by atoms with E-state index in [4.69, 9.17) is 10.5 Å². The number of fused-ring (bicyclic) bond motifs is 2. The number of hydrogen-bond donors (Lipinski definition) is 2. The van der Waals surface area contributed by atoms with Crippen molar-refractivity contribution in [2.45, 2.75) is 94.9 Å². The van der Waals surface area contributed by atoms with Crippen LogP contribution in [0.1, 0.15) is 74.5 Å². The number of hydrogen-bond acceptors (Lipinski definition) is 6. The lowest BCUT2D eigenvalue weighted by Crippen LogP contribution is -2.57. The first kappa shape index (κ1) is 32.2. The highest BCUT2D eigenvalue weighted by Crippen LogP contribution is 2.39. The molecule has 236 valence electrons. The van der Waals surface area contributed by atoms with Crippen molar-refractivity contribution in [2.75, 3.05) is 25.4 Å². The molecule has 43 heavy (non-hydrogen) atoms. The summed E-state index contributed by atoms with van der Waals surface area (Å²) in [7, 11) is -3.35. The number of Topliss-reactive ketones (excluding diaryl/α,β-unsaturated/α-hetero) is 1. The number of halogens is 2. The minimum absolute atomic E-state index is 0.0206. The Kier molecular flexibility index (Phi) is 10.7. The summed E-state index contributed by atoms with van der Waals surface area (Å²) in [5, 5.41) is 3.46. The molecule has 1 aliphatic carbocycles. The van der Waals surface area contributed by atoms with E-state index < -0.39 is 21.9 Å². The SMILES string of the molecule is CCOC1CCC([C@H](c2ccc(F)cc2)[C@H](N)C(=O)Cc2cccc(F)c2CC[C@H]2CN[C@@H]3CCCS(=O)(=O)N2C3)CC1. The highest BCUT2D eigenvalue weighted by atomic mass is 32.2. The van der Waals surface area contributed by atoms with Crippen molar-refractivity contribution in [2.24, 2.45) is 11.7 Å². The molecule has 1 unspecified atom stereocenters. The number of nitrogens with zero attached hydrogens (tertiary/aromatic N) is 1. The molecular formula is C33H45F2N3O4S. The first-order valence-corrected chi connectivity index (χ1v) is 17.4. The minimum Gasteiger partial charge on any atom is -0.379 e. The van der Waals surface area contributed by atoms with Crippen LogP contribution in [0.25, 0.3) is 0 Å². The molecule has 5 rings (SSSR count). The number of ether oxygens (including phenoxy) is 1. The second-order valence-electron chi connectivity index (χ2n) is 12.4. The van der Waals surface area contributed by atoms with E-state index >= 15 is 4.39 Å². The van der Waals surface area contributed by atoms with Gasteiger partial charge in [-0.3, -0.25) is 4.79 Å². The quantitative estimate of drug-likeness (QED) is 0.386. The molecule has 2 aromatic rings. The molecule has 0 aromatic heterocycles. The lowest BCUT2D eigenvalue weighted by atomic mass is 9.71. The fourth-order valence-electron chi connectivity index (χ4n) is 7.42. The maximum Gasteiger partial charge on any atom is 0.214 e. The Hall–Kier alpha value is -2.24. The van der Waals surface area contributed by atoms with Gasteiger partial charge in [0.2, 0.25) is 10.0 Å². The van der Waals surface area contributed by atoms with Gasteiger partial charge < -0.3 is 15.8 Å². The number of sulfonamides is 1. The van der Waals surface area contributed by atoms with Gasteiger partial charge in [0.15, 0.2) is 5.78 Å². The lowest BCUT2D eigenvalue weighted by Gasteiger charge is -2.37. The van der Waals surface area contributed by atoms with Gasteiger partial charge in [-0.15, -0.1) is 0 Å². The van der Waals surface area contributed by atoms with Crippen LogP contribution in [0.2, 0.25) is 0 Å². The molecule has 3 fully saturated rings. The topological polar surface area (TPSA) is 102 Å². The fourth-order valence-corrected chi connectivity index (χ4v) is 9.23. The van der Waals surface area contributed by atoms with Gasteiger partial charge >= 0.3 is 0 Å². The smallest absolute Gasteiger partial charge is 0.214 e. The largest absolute Gasteiger partial charge is 0.379 e. The van der Waals surface area contributed by atoms with E-state index in [2.05, 4.69) is 5.32 Å². The summed E-state index contributed by atoms with van der Waals surface area (Å²) in [4.78, 5) is 13.8. The second-order valence-corrected chi connectivity index (χ2v) is 14.5. The van der Waals surface area contributed by atoms with Crippen LogP contribution in [0.4, 0.5) is 8.78 Å². The van der Waals surface area contributed by atoms with E-state index in [1.807, 2.05) is 6.92 Å². The summed E-state index contributed by atoms with van der Waals surface area (Å²) >= 11 is 0. The fraction of sp³-hybridized carbons (Fsp3) is 0.606. The molecule has 2 aliphatic heterocycles. The van der Waals surface area contributed by atoms with Crippen molar-refractivity contribution in [1.29, 1.82) is 0 Å². The van der Waals surface area contributed by atoms with Crippen LogP contribution >= 0.6 is 0 Å². The molecule has 2 aromatic carbocycles. The highest BCUT2D eigenvalue weighted by Gasteiger charge is 2.39. The Morgan fingerprint density at radius 1 is 1.09 bits per heavy atom. The van der Waals surface area contributed by atoms with Gasteiger partial charge in [-0.1, -0.05) is 24.3 Å². The third kappa shape index (κ3) is 7.71. The molecule has 3 aliphatic rings. The maximum atomic E-state index is 15.2. The molecule has 1 saturated carbocycles. The average molecular weight is 618 g/mol. The van der Waals surface area contributed by atoms with E-state index in [-0.39, 0.29) is 53.8 Å². The predicted octanol–water partition coefficient (Wildman–Crippen LogP) is 4.48. The van der Waals surface area contributed by atoms with Gasteiger partial charge in [0.05, 0.1) is 17.9 Å². The molecule has 0 radical (unpaired) electrons. The van der Waals surface area contributed by atoms with Crippen molar-refractivity contribution >= 4 is 15.8 Å². The van der Waals surface area contributed by atoms with Crippen LogP contribution in [0.15, 0.2) is 42.5 Å². The molecule has 0 amide bonds. The van der Waals surface area contributed by atoms with E-state index in [1.54, 1.807) is 28.6 Å². The van der Waals surface area contributed by atoms with Crippen LogP contribution in [0.5, 0.6) is 0 Å². The molecule has 5 atom stereocenters. The van der Waals surface area contributed by atoms with Crippen LogP contribution in [-0.4, -0.2) is 68.2 Å². The Morgan fingerprint density at radius 3 is 2.56 bits per heavy atom. The second kappa shape index (κ2) is 14.2. The Bertz CT molecular complexity index is 1350. The lowest BCUT2D eigenvalue weighted by molar-refractivity contribution is -0.120. The minimum atomic E-state index is -3.35. The molecule has 3 N–H and O–H groups in total. The van der Waals surface area contributed by atoms with E-state index in [0.29, 0.717) is 50.1 Å². The van der Waals surface area contributed by atoms with Gasteiger partial charge in [0, 0.05) is 44.1 Å². The maximum absolute atomic E-state index is 15.2. The Morgan fingerprint density at radius 2 is 1.84 bits per heavy atom. The molecule has 7 nitrogen and oxygen atoms in total. The van der Waals surface area contributed by atoms with Crippen LogP contribution < -0.4 is 11.1 Å². The van der Waals surface area contributed by atoms with Crippen molar-refractivity contribution in [3.05, 3.63) is 70.8 Å². The number of benzene rings is 2. The number of rotatable bonds is 11. The van der Waals surface area contributed by atoms with Crippen molar-refractivity contribution < 1.29 is 26.7 Å². The van der Waals surface area contributed by atoms with Crippen molar-refractivity contribution in [3.63, 3.8) is 0 Å².